The zero-order chi connectivity index (χ0) is 8.55. The van der Waals surface area contributed by atoms with Crippen LogP contribution in [0.15, 0.2) is 35.6 Å². The molecule has 0 radical (unpaired) electrons. The van der Waals surface area contributed by atoms with E-state index in [1.807, 2.05) is 18.2 Å². The highest BCUT2D eigenvalue weighted by atomic mass is 35.5. The fraction of sp³-hybridized carbons (Fsp3) is 0. The van der Waals surface area contributed by atoms with Gasteiger partial charge in [0, 0.05) is 0 Å². The van der Waals surface area contributed by atoms with Gasteiger partial charge in [-0.25, -0.2) is 5.06 Å². The van der Waals surface area contributed by atoms with Crippen LogP contribution in [0.2, 0.25) is 0 Å². The molecule has 1 aromatic rings. The Kier molecular flexibility index (Phi) is 1.67. The molecule has 0 bridgehead atoms. The van der Waals surface area contributed by atoms with Gasteiger partial charge in [-0.15, -0.1) is 0 Å². The average Bonchev–Trinajstić information content (AvgIpc) is 2.04. The van der Waals surface area contributed by atoms with Crippen LogP contribution in [0.4, 0.5) is 11.4 Å². The zero-order valence-electron chi connectivity index (χ0n) is 6.16. The van der Waals surface area contributed by atoms with Crippen molar-refractivity contribution in [3.8, 4) is 0 Å². The van der Waals surface area contributed by atoms with E-state index in [1.54, 1.807) is 6.07 Å². The minimum absolute atomic E-state index is 0.399. The van der Waals surface area contributed by atoms with E-state index in [-0.39, 0.29) is 0 Å². The van der Waals surface area contributed by atoms with E-state index in [9.17, 15) is 5.21 Å². The van der Waals surface area contributed by atoms with Crippen molar-refractivity contribution >= 4 is 23.0 Å². The number of benzene rings is 1. The predicted molar refractivity (Wildman–Crippen MR) is 48.3 cm³/mol. The van der Waals surface area contributed by atoms with Crippen LogP contribution in [0.25, 0.3) is 0 Å². The quantitative estimate of drug-likeness (QED) is 0.605. The average molecular weight is 183 g/mol. The number of hydrogen-bond donors (Lipinski definition) is 2. The maximum atomic E-state index is 9.36. The van der Waals surface area contributed by atoms with Crippen LogP contribution in [-0.4, -0.2) is 5.21 Å². The first kappa shape index (κ1) is 7.46. The lowest BCUT2D eigenvalue weighted by Gasteiger charge is -2.22. The molecule has 3 nitrogen and oxygen atoms in total. The van der Waals surface area contributed by atoms with E-state index >= 15 is 0 Å². The summed E-state index contributed by atoms with van der Waals surface area (Å²) >= 11 is 5.69. The molecule has 0 amide bonds. The van der Waals surface area contributed by atoms with Gasteiger partial charge in [0.05, 0.1) is 17.6 Å². The summed E-state index contributed by atoms with van der Waals surface area (Å²) in [6.07, 6.45) is 1.41. The topological polar surface area (TPSA) is 35.5 Å². The third kappa shape index (κ3) is 1.13. The van der Waals surface area contributed by atoms with Crippen molar-refractivity contribution in [1.82, 2.24) is 0 Å². The third-order valence-corrected chi connectivity index (χ3v) is 1.83. The summed E-state index contributed by atoms with van der Waals surface area (Å²) in [4.78, 5) is 0. The first-order valence-electron chi connectivity index (χ1n) is 3.49. The van der Waals surface area contributed by atoms with E-state index in [0.29, 0.717) is 10.8 Å². The third-order valence-electron chi connectivity index (χ3n) is 1.64. The van der Waals surface area contributed by atoms with Crippen molar-refractivity contribution in [3.63, 3.8) is 0 Å². The molecular formula is C8H7ClN2O. The van der Waals surface area contributed by atoms with E-state index < -0.39 is 0 Å². The Labute approximate surface area is 74.8 Å². The van der Waals surface area contributed by atoms with Crippen molar-refractivity contribution in [1.29, 1.82) is 0 Å². The van der Waals surface area contributed by atoms with Gasteiger partial charge >= 0.3 is 0 Å². The van der Waals surface area contributed by atoms with Gasteiger partial charge in [0.1, 0.15) is 5.16 Å². The molecule has 2 rings (SSSR count). The summed E-state index contributed by atoms with van der Waals surface area (Å²) in [5.41, 5.74) is 1.49. The number of hydrogen-bond acceptors (Lipinski definition) is 3. The lowest BCUT2D eigenvalue weighted by atomic mass is 10.2. The Bertz CT molecular complexity index is 338. The summed E-state index contributed by atoms with van der Waals surface area (Å²) in [6.45, 7) is 0. The molecule has 0 fully saturated rings. The Morgan fingerprint density at radius 2 is 2.08 bits per heavy atom. The van der Waals surface area contributed by atoms with Gasteiger partial charge in [0.2, 0.25) is 0 Å². The molecule has 0 aliphatic carbocycles. The molecule has 0 aromatic heterocycles. The minimum atomic E-state index is 0.399. The van der Waals surface area contributed by atoms with Gasteiger partial charge in [-0.3, -0.25) is 5.21 Å². The molecular weight excluding hydrogens is 176 g/mol. The second-order valence-corrected chi connectivity index (χ2v) is 2.87. The van der Waals surface area contributed by atoms with Gasteiger partial charge in [0.25, 0.3) is 0 Å². The number of nitrogens with zero attached hydrogens (tertiary/aromatic N) is 1. The fourth-order valence-corrected chi connectivity index (χ4v) is 1.31. The molecule has 62 valence electrons. The van der Waals surface area contributed by atoms with Gasteiger partial charge in [-0.2, -0.15) is 0 Å². The number of para-hydroxylation sites is 2. The lowest BCUT2D eigenvalue weighted by molar-refractivity contribution is 0.295. The molecule has 4 heteroatoms. The SMILES string of the molecule is ON1C=C(Cl)Nc2ccccc21. The predicted octanol–water partition coefficient (Wildman–Crippen LogP) is 2.35. The van der Waals surface area contributed by atoms with Gasteiger partial charge in [-0.05, 0) is 12.1 Å². The highest BCUT2D eigenvalue weighted by Crippen LogP contribution is 2.30. The zero-order valence-corrected chi connectivity index (χ0v) is 6.92. The van der Waals surface area contributed by atoms with Crippen LogP contribution in [0.5, 0.6) is 0 Å². The Balaban J connectivity index is 2.48. The van der Waals surface area contributed by atoms with E-state index in [2.05, 4.69) is 5.32 Å². The van der Waals surface area contributed by atoms with Crippen molar-refractivity contribution in [2.75, 3.05) is 10.4 Å². The second kappa shape index (κ2) is 2.69. The molecule has 1 heterocycles. The summed E-state index contributed by atoms with van der Waals surface area (Å²) in [7, 11) is 0. The van der Waals surface area contributed by atoms with Gasteiger partial charge < -0.3 is 5.32 Å². The van der Waals surface area contributed by atoms with Crippen LogP contribution in [-0.2, 0) is 0 Å². The Hall–Kier alpha value is -1.19. The minimum Gasteiger partial charge on any atom is -0.343 e. The number of nitrogens with one attached hydrogen (secondary N) is 1. The molecule has 0 atom stereocenters. The Morgan fingerprint density at radius 3 is 2.92 bits per heavy atom. The monoisotopic (exact) mass is 182 g/mol. The van der Waals surface area contributed by atoms with Crippen LogP contribution in [0, 0.1) is 0 Å². The molecule has 0 unspecified atom stereocenters. The summed E-state index contributed by atoms with van der Waals surface area (Å²) in [5.74, 6) is 0. The first-order valence-corrected chi connectivity index (χ1v) is 3.86. The number of fused-ring (bicyclic) bond motifs is 1. The largest absolute Gasteiger partial charge is 0.343 e. The molecule has 0 spiro atoms. The fourth-order valence-electron chi connectivity index (χ4n) is 1.12. The maximum Gasteiger partial charge on any atom is 0.125 e. The smallest absolute Gasteiger partial charge is 0.125 e. The molecule has 0 saturated carbocycles. The highest BCUT2D eigenvalue weighted by Gasteiger charge is 2.12. The standard InChI is InChI=1S/C8H7ClN2O/c9-8-5-11(12)7-4-2-1-3-6(7)10-8/h1-5,10,12H. The van der Waals surface area contributed by atoms with Crippen molar-refractivity contribution in [2.45, 2.75) is 0 Å². The molecule has 0 saturated heterocycles. The second-order valence-electron chi connectivity index (χ2n) is 2.46. The van der Waals surface area contributed by atoms with Gasteiger partial charge in [0.15, 0.2) is 0 Å². The summed E-state index contributed by atoms with van der Waals surface area (Å²) < 4.78 is 0. The molecule has 2 N–H and O–H groups in total. The summed E-state index contributed by atoms with van der Waals surface area (Å²) in [5, 5.41) is 13.7. The van der Waals surface area contributed by atoms with Crippen molar-refractivity contribution in [2.24, 2.45) is 0 Å². The number of halogens is 1. The normalized spacial score (nSPS) is 14.8. The highest BCUT2D eigenvalue weighted by molar-refractivity contribution is 6.31. The maximum absolute atomic E-state index is 9.36. The molecule has 1 aliphatic heterocycles. The van der Waals surface area contributed by atoms with Crippen molar-refractivity contribution < 1.29 is 5.21 Å². The summed E-state index contributed by atoms with van der Waals surface area (Å²) in [6, 6.07) is 7.35. The van der Waals surface area contributed by atoms with Crippen LogP contribution >= 0.6 is 11.6 Å². The van der Waals surface area contributed by atoms with Gasteiger partial charge in [-0.1, -0.05) is 23.7 Å². The van der Waals surface area contributed by atoms with Crippen molar-refractivity contribution in [3.05, 3.63) is 35.6 Å². The lowest BCUT2D eigenvalue weighted by Crippen LogP contribution is -2.17. The Morgan fingerprint density at radius 1 is 1.33 bits per heavy atom. The van der Waals surface area contributed by atoms with Crippen LogP contribution in [0.3, 0.4) is 0 Å². The van der Waals surface area contributed by atoms with Crippen LogP contribution in [0.1, 0.15) is 0 Å². The number of hydroxylamine groups is 1. The van der Waals surface area contributed by atoms with Crippen LogP contribution < -0.4 is 10.4 Å². The van der Waals surface area contributed by atoms with E-state index in [4.69, 9.17) is 11.6 Å². The number of anilines is 2. The molecule has 1 aliphatic rings. The molecule has 1 aromatic carbocycles. The molecule has 12 heavy (non-hydrogen) atoms. The number of rotatable bonds is 0. The first-order chi connectivity index (χ1) is 5.77. The van der Waals surface area contributed by atoms with E-state index in [1.165, 1.54) is 6.20 Å². The van der Waals surface area contributed by atoms with E-state index in [0.717, 1.165) is 10.8 Å².